The van der Waals surface area contributed by atoms with E-state index in [2.05, 4.69) is 29.1 Å². The van der Waals surface area contributed by atoms with Crippen molar-refractivity contribution in [2.75, 3.05) is 12.4 Å². The summed E-state index contributed by atoms with van der Waals surface area (Å²) in [6, 6.07) is 0. The fraction of sp³-hybridized carbons (Fsp3) is 0.625. The minimum absolute atomic E-state index is 0.867. The van der Waals surface area contributed by atoms with Gasteiger partial charge in [-0.25, -0.2) is 4.98 Å². The third-order valence-corrected chi connectivity index (χ3v) is 1.71. The number of aromatic amines is 1. The standard InChI is InChI=1S/C8H15N3/c1-4-5-7-6(2)10-8(9-3)11-7/h4-5H2,1-3H3,(H2,9,10,11). The number of nitrogens with one attached hydrogen (secondary N) is 2. The number of anilines is 1. The number of H-pyrrole nitrogens is 1. The Bertz CT molecular complexity index is 227. The van der Waals surface area contributed by atoms with Crippen molar-refractivity contribution in [2.45, 2.75) is 26.7 Å². The zero-order valence-electron chi connectivity index (χ0n) is 7.36. The van der Waals surface area contributed by atoms with Gasteiger partial charge >= 0.3 is 0 Å². The summed E-state index contributed by atoms with van der Waals surface area (Å²) in [7, 11) is 1.87. The second-order valence-corrected chi connectivity index (χ2v) is 2.66. The first-order valence-corrected chi connectivity index (χ1v) is 4.01. The van der Waals surface area contributed by atoms with Crippen LogP contribution in [0.15, 0.2) is 0 Å². The number of rotatable bonds is 3. The second-order valence-electron chi connectivity index (χ2n) is 2.66. The number of aryl methyl sites for hydroxylation is 2. The van der Waals surface area contributed by atoms with Gasteiger partial charge in [-0.15, -0.1) is 0 Å². The number of aromatic nitrogens is 2. The van der Waals surface area contributed by atoms with Gasteiger partial charge < -0.3 is 10.3 Å². The lowest BCUT2D eigenvalue weighted by molar-refractivity contribution is 0.883. The van der Waals surface area contributed by atoms with Crippen LogP contribution in [-0.2, 0) is 6.42 Å². The summed E-state index contributed by atoms with van der Waals surface area (Å²) in [4.78, 5) is 7.51. The van der Waals surface area contributed by atoms with E-state index < -0.39 is 0 Å². The molecule has 0 aliphatic rings. The van der Waals surface area contributed by atoms with Crippen molar-refractivity contribution in [3.63, 3.8) is 0 Å². The highest BCUT2D eigenvalue weighted by Gasteiger charge is 2.02. The van der Waals surface area contributed by atoms with Crippen molar-refractivity contribution >= 4 is 5.95 Å². The molecule has 62 valence electrons. The van der Waals surface area contributed by atoms with E-state index in [0.29, 0.717) is 0 Å². The van der Waals surface area contributed by atoms with Gasteiger partial charge in [0.2, 0.25) is 0 Å². The molecule has 3 heteroatoms. The molecule has 0 aliphatic heterocycles. The van der Waals surface area contributed by atoms with Crippen molar-refractivity contribution in [3.05, 3.63) is 11.4 Å². The Hall–Kier alpha value is -0.990. The average Bonchev–Trinajstić information content (AvgIpc) is 2.33. The van der Waals surface area contributed by atoms with E-state index in [4.69, 9.17) is 0 Å². The van der Waals surface area contributed by atoms with Gasteiger partial charge in [-0.2, -0.15) is 0 Å². The third kappa shape index (κ3) is 1.73. The van der Waals surface area contributed by atoms with Gasteiger partial charge in [0.15, 0.2) is 5.95 Å². The van der Waals surface area contributed by atoms with E-state index in [0.717, 1.165) is 18.8 Å². The summed E-state index contributed by atoms with van der Waals surface area (Å²) in [6.45, 7) is 4.21. The molecule has 0 saturated carbocycles. The number of hydrogen-bond donors (Lipinski definition) is 2. The van der Waals surface area contributed by atoms with E-state index in [1.807, 2.05) is 7.05 Å². The lowest BCUT2D eigenvalue weighted by atomic mass is 10.2. The molecule has 2 N–H and O–H groups in total. The van der Waals surface area contributed by atoms with Crippen molar-refractivity contribution < 1.29 is 0 Å². The fourth-order valence-corrected chi connectivity index (χ4v) is 1.10. The maximum absolute atomic E-state index is 4.35. The second kappa shape index (κ2) is 3.42. The highest BCUT2D eigenvalue weighted by molar-refractivity contribution is 5.29. The van der Waals surface area contributed by atoms with E-state index in [-0.39, 0.29) is 0 Å². The van der Waals surface area contributed by atoms with Crippen LogP contribution in [0.1, 0.15) is 24.7 Å². The minimum atomic E-state index is 0.867. The van der Waals surface area contributed by atoms with Crippen LogP contribution >= 0.6 is 0 Å². The Kier molecular flexibility index (Phi) is 2.52. The molecule has 0 aliphatic carbocycles. The topological polar surface area (TPSA) is 40.7 Å². The summed E-state index contributed by atoms with van der Waals surface area (Å²) in [5, 5.41) is 2.98. The summed E-state index contributed by atoms with van der Waals surface area (Å²) in [5.74, 6) is 0.867. The Morgan fingerprint density at radius 1 is 1.55 bits per heavy atom. The molecular weight excluding hydrogens is 138 g/mol. The highest BCUT2D eigenvalue weighted by atomic mass is 15.1. The van der Waals surface area contributed by atoms with E-state index in [1.54, 1.807) is 0 Å². The molecule has 3 nitrogen and oxygen atoms in total. The Morgan fingerprint density at radius 3 is 2.73 bits per heavy atom. The van der Waals surface area contributed by atoms with E-state index in [9.17, 15) is 0 Å². The zero-order chi connectivity index (χ0) is 8.27. The van der Waals surface area contributed by atoms with Gasteiger partial charge in [-0.3, -0.25) is 0 Å². The molecule has 0 bridgehead atoms. The van der Waals surface area contributed by atoms with Gasteiger partial charge in [0, 0.05) is 12.7 Å². The first-order valence-electron chi connectivity index (χ1n) is 4.01. The van der Waals surface area contributed by atoms with Crippen LogP contribution < -0.4 is 5.32 Å². The first kappa shape index (κ1) is 8.11. The van der Waals surface area contributed by atoms with Gasteiger partial charge in [-0.1, -0.05) is 13.3 Å². The molecule has 0 fully saturated rings. The SMILES string of the molecule is CCCc1nc(NC)[nH]c1C. The number of hydrogen-bond acceptors (Lipinski definition) is 2. The van der Waals surface area contributed by atoms with Crippen molar-refractivity contribution in [1.29, 1.82) is 0 Å². The molecule has 0 spiro atoms. The Balaban J connectivity index is 2.79. The summed E-state index contributed by atoms with van der Waals surface area (Å²) in [5.41, 5.74) is 2.35. The molecule has 1 aromatic rings. The van der Waals surface area contributed by atoms with Gasteiger partial charge in [-0.05, 0) is 13.3 Å². The predicted molar refractivity (Wildman–Crippen MR) is 46.9 cm³/mol. The normalized spacial score (nSPS) is 10.1. The van der Waals surface area contributed by atoms with Crippen LogP contribution in [0.2, 0.25) is 0 Å². The first-order chi connectivity index (χ1) is 5.27. The van der Waals surface area contributed by atoms with Crippen LogP contribution in [0.3, 0.4) is 0 Å². The number of nitrogens with zero attached hydrogens (tertiary/aromatic N) is 1. The fourth-order valence-electron chi connectivity index (χ4n) is 1.10. The molecule has 0 unspecified atom stereocenters. The summed E-state index contributed by atoms with van der Waals surface area (Å²) in [6.07, 6.45) is 2.21. The van der Waals surface area contributed by atoms with Crippen LogP contribution in [0.4, 0.5) is 5.95 Å². The quantitative estimate of drug-likeness (QED) is 0.694. The van der Waals surface area contributed by atoms with Crippen molar-refractivity contribution in [2.24, 2.45) is 0 Å². The Morgan fingerprint density at radius 2 is 2.27 bits per heavy atom. The molecule has 0 atom stereocenters. The van der Waals surface area contributed by atoms with Crippen LogP contribution in [0, 0.1) is 6.92 Å². The largest absolute Gasteiger partial charge is 0.359 e. The van der Waals surface area contributed by atoms with E-state index >= 15 is 0 Å². The minimum Gasteiger partial charge on any atom is -0.359 e. The van der Waals surface area contributed by atoms with Crippen LogP contribution in [0.25, 0.3) is 0 Å². The zero-order valence-corrected chi connectivity index (χ0v) is 7.36. The monoisotopic (exact) mass is 153 g/mol. The van der Waals surface area contributed by atoms with Gasteiger partial charge in [0.1, 0.15) is 0 Å². The van der Waals surface area contributed by atoms with Crippen LogP contribution in [0.5, 0.6) is 0 Å². The predicted octanol–water partition coefficient (Wildman–Crippen LogP) is 1.71. The van der Waals surface area contributed by atoms with Gasteiger partial charge in [0.25, 0.3) is 0 Å². The summed E-state index contributed by atoms with van der Waals surface area (Å²) < 4.78 is 0. The molecular formula is C8H15N3. The highest BCUT2D eigenvalue weighted by Crippen LogP contribution is 2.09. The summed E-state index contributed by atoms with van der Waals surface area (Å²) >= 11 is 0. The van der Waals surface area contributed by atoms with E-state index in [1.165, 1.54) is 11.4 Å². The lowest BCUT2D eigenvalue weighted by Gasteiger charge is -1.90. The number of imidazole rings is 1. The maximum atomic E-state index is 4.35. The molecule has 11 heavy (non-hydrogen) atoms. The molecule has 1 rings (SSSR count). The molecule has 0 radical (unpaired) electrons. The van der Waals surface area contributed by atoms with Crippen molar-refractivity contribution in [1.82, 2.24) is 9.97 Å². The lowest BCUT2D eigenvalue weighted by Crippen LogP contribution is -1.89. The third-order valence-electron chi connectivity index (χ3n) is 1.71. The Labute approximate surface area is 67.2 Å². The molecule has 0 amide bonds. The molecule has 0 saturated heterocycles. The average molecular weight is 153 g/mol. The molecule has 1 aromatic heterocycles. The van der Waals surface area contributed by atoms with Gasteiger partial charge in [0.05, 0.1) is 5.69 Å². The maximum Gasteiger partial charge on any atom is 0.200 e. The molecule has 1 heterocycles. The molecule has 0 aromatic carbocycles. The van der Waals surface area contributed by atoms with Crippen LogP contribution in [-0.4, -0.2) is 17.0 Å². The van der Waals surface area contributed by atoms with Crippen molar-refractivity contribution in [3.8, 4) is 0 Å². The smallest absolute Gasteiger partial charge is 0.200 e.